The Kier molecular flexibility index (Phi) is 5.31. The molecule has 0 aromatic carbocycles. The molecule has 7 nitrogen and oxygen atoms in total. The van der Waals surface area contributed by atoms with E-state index in [1.54, 1.807) is 0 Å². The first-order chi connectivity index (χ1) is 3.42. The van der Waals surface area contributed by atoms with Crippen molar-refractivity contribution in [2.24, 2.45) is 0 Å². The summed E-state index contributed by atoms with van der Waals surface area (Å²) >= 11 is 0. The van der Waals surface area contributed by atoms with Gasteiger partial charge < -0.3 is 15.9 Å². The third kappa shape index (κ3) is 11.6. The van der Waals surface area contributed by atoms with Crippen LogP contribution in [-0.4, -0.2) is 14.7 Å². The van der Waals surface area contributed by atoms with E-state index in [-0.39, 0.29) is 6.15 Å². The van der Waals surface area contributed by atoms with Crippen molar-refractivity contribution in [2.75, 3.05) is 0 Å². The van der Waals surface area contributed by atoms with E-state index in [0.717, 1.165) is 0 Å². The van der Waals surface area contributed by atoms with Crippen LogP contribution in [0.15, 0.2) is 0 Å². The molecule has 0 aromatic rings. The average Bonchev–Trinajstić information content (AvgIpc) is 1.21. The first kappa shape index (κ1) is 11.9. The molecule has 0 aliphatic carbocycles. The molecule has 0 fully saturated rings. The summed E-state index contributed by atoms with van der Waals surface area (Å²) in [6.45, 7) is 0. The van der Waals surface area contributed by atoms with E-state index in [1.807, 2.05) is 0 Å². The lowest BCUT2D eigenvalue weighted by Crippen LogP contribution is -1.75. The zero-order valence-electron chi connectivity index (χ0n) is 4.17. The van der Waals surface area contributed by atoms with Crippen molar-refractivity contribution in [3.8, 4) is 0 Å². The van der Waals surface area contributed by atoms with E-state index >= 15 is 0 Å². The van der Waals surface area contributed by atoms with Crippen LogP contribution >= 0.6 is 16.1 Å². The van der Waals surface area contributed by atoms with Crippen LogP contribution in [0.25, 0.3) is 0 Å². The van der Waals surface area contributed by atoms with Gasteiger partial charge in [0.05, 0.1) is 0 Å². The van der Waals surface area contributed by atoms with Gasteiger partial charge in [-0.3, -0.25) is 0 Å². The number of phosphoric acid groups is 1. The topological polar surface area (TPSA) is 139 Å². The smallest absolute Gasteiger partial charge is 0.344 e. The highest BCUT2D eigenvalue weighted by molar-refractivity contribution is 7.54. The lowest BCUT2D eigenvalue weighted by molar-refractivity contribution is 0.273. The maximum atomic E-state index is 9.57. The maximum absolute atomic E-state index is 9.57. The van der Waals surface area contributed by atoms with Gasteiger partial charge in [0.25, 0.3) is 0 Å². The lowest BCUT2D eigenvalue weighted by Gasteiger charge is -1.86. The molecule has 0 heterocycles. The van der Waals surface area contributed by atoms with Gasteiger partial charge >= 0.3 is 16.1 Å². The lowest BCUT2D eigenvalue weighted by atomic mass is 14.0. The maximum Gasteiger partial charge on any atom is 0.705 e. The Morgan fingerprint density at radius 3 is 1.78 bits per heavy atom. The van der Waals surface area contributed by atoms with E-state index in [4.69, 9.17) is 14.7 Å². The van der Waals surface area contributed by atoms with Crippen LogP contribution in [0.3, 0.4) is 0 Å². The predicted octanol–water partition coefficient (Wildman–Crippen LogP) is -0.0926. The summed E-state index contributed by atoms with van der Waals surface area (Å²) in [7, 11) is -7.96. The van der Waals surface area contributed by atoms with Crippen LogP contribution in [-0.2, 0) is 13.4 Å². The summed E-state index contributed by atoms with van der Waals surface area (Å²) in [6, 6.07) is 0. The molecule has 0 rings (SSSR count). The fraction of sp³-hybridized carbons (Fsp3) is 0. The van der Waals surface area contributed by atoms with Gasteiger partial charge in [-0.2, -0.15) is 0 Å². The predicted molar refractivity (Wildman–Crippen MR) is 28.0 cm³/mol. The molecule has 0 amide bonds. The standard InChI is InChI=1S/H3N.H2O6P2/c;1-7(2)6-8(3,4)5/h1H3;(H2-,1,2,3,4,5)/p+1. The van der Waals surface area contributed by atoms with E-state index in [0.29, 0.717) is 0 Å². The molecule has 0 saturated heterocycles. The number of hydrogen-bond acceptors (Lipinski definition) is 4. The first-order valence-electron chi connectivity index (χ1n) is 1.33. The molecule has 6 N–H and O–H groups in total. The minimum Gasteiger partial charge on any atom is -0.344 e. The van der Waals surface area contributed by atoms with Crippen LogP contribution in [0.4, 0.5) is 0 Å². The van der Waals surface area contributed by atoms with Gasteiger partial charge in [0.15, 0.2) is 0 Å². The van der Waals surface area contributed by atoms with Gasteiger partial charge in [-0.25, -0.2) is 4.57 Å². The van der Waals surface area contributed by atoms with Crippen LogP contribution in [0.2, 0.25) is 0 Å². The minimum atomic E-state index is -4.76. The third-order valence-electron chi connectivity index (χ3n) is 0.176. The van der Waals surface area contributed by atoms with Gasteiger partial charge in [0.2, 0.25) is 0 Å². The van der Waals surface area contributed by atoms with Crippen LogP contribution in [0.5, 0.6) is 0 Å². The molecule has 1 unspecified atom stereocenters. The molecule has 9 heavy (non-hydrogen) atoms. The molecule has 9 heteroatoms. The summed E-state index contributed by atoms with van der Waals surface area (Å²) in [5, 5.41) is 0. The monoisotopic (exact) mass is 178 g/mol. The number of rotatable bonds is 2. The minimum absolute atomic E-state index is 0. The molecule has 0 bridgehead atoms. The summed E-state index contributed by atoms with van der Waals surface area (Å²) in [6.07, 6.45) is 0. The molecular weight excluding hydrogens is 172 g/mol. The SMILES string of the molecule is N.O=[P+](O)OP(=O)(O)O. The van der Waals surface area contributed by atoms with Gasteiger partial charge in [0.1, 0.15) is 0 Å². The van der Waals surface area contributed by atoms with Crippen molar-refractivity contribution >= 4 is 16.1 Å². The molecule has 1 atom stereocenters. The Labute approximate surface area is 51.4 Å². The summed E-state index contributed by atoms with van der Waals surface area (Å²) in [5.74, 6) is 0. The van der Waals surface area contributed by atoms with Crippen molar-refractivity contribution in [2.45, 2.75) is 0 Å². The van der Waals surface area contributed by atoms with Crippen molar-refractivity contribution in [3.63, 3.8) is 0 Å². The second kappa shape index (κ2) is 4.03. The van der Waals surface area contributed by atoms with Crippen molar-refractivity contribution in [1.82, 2.24) is 6.15 Å². The summed E-state index contributed by atoms with van der Waals surface area (Å²) in [4.78, 5) is 23.1. The molecule has 0 aromatic heterocycles. The Balaban J connectivity index is 0. The highest BCUT2D eigenvalue weighted by Gasteiger charge is 2.29. The molecule has 0 aliphatic heterocycles. The zero-order valence-corrected chi connectivity index (χ0v) is 5.96. The van der Waals surface area contributed by atoms with E-state index in [2.05, 4.69) is 4.31 Å². The fourth-order valence-corrected chi connectivity index (χ4v) is 0.819. The van der Waals surface area contributed by atoms with Crippen molar-refractivity contribution < 1.29 is 28.1 Å². The van der Waals surface area contributed by atoms with E-state index in [9.17, 15) is 9.13 Å². The van der Waals surface area contributed by atoms with Crippen LogP contribution in [0, 0.1) is 0 Å². The normalized spacial score (nSPS) is 12.1. The highest BCUT2D eigenvalue weighted by atomic mass is 31.2. The molecule has 56 valence electrons. The second-order valence-electron chi connectivity index (χ2n) is 0.810. The van der Waals surface area contributed by atoms with Crippen LogP contribution < -0.4 is 6.15 Å². The Morgan fingerprint density at radius 1 is 1.44 bits per heavy atom. The molecule has 0 spiro atoms. The summed E-state index contributed by atoms with van der Waals surface area (Å²) in [5.41, 5.74) is 0. The van der Waals surface area contributed by atoms with Gasteiger partial charge in [-0.1, -0.05) is 0 Å². The van der Waals surface area contributed by atoms with E-state index < -0.39 is 16.1 Å². The van der Waals surface area contributed by atoms with Gasteiger partial charge in [0, 0.05) is 4.57 Å². The van der Waals surface area contributed by atoms with E-state index in [1.165, 1.54) is 0 Å². The first-order valence-corrected chi connectivity index (χ1v) is 3.99. The molecular formula is H6NO6P2+. The number of hydrogen-bond donors (Lipinski definition) is 4. The Morgan fingerprint density at radius 2 is 1.78 bits per heavy atom. The molecule has 0 radical (unpaired) electrons. The highest BCUT2D eigenvalue weighted by Crippen LogP contribution is 2.45. The summed E-state index contributed by atoms with van der Waals surface area (Å²) < 4.78 is 22.2. The fourth-order valence-electron chi connectivity index (χ4n) is 0.0910. The zero-order chi connectivity index (χ0) is 6.78. The largest absolute Gasteiger partial charge is 0.705 e. The second-order valence-corrected chi connectivity index (χ2v) is 2.92. The van der Waals surface area contributed by atoms with Crippen LogP contribution in [0.1, 0.15) is 0 Å². The quantitative estimate of drug-likeness (QED) is 0.433. The Hall–Kier alpha value is 0.130. The molecule has 0 aliphatic rings. The van der Waals surface area contributed by atoms with Gasteiger partial charge in [-0.05, 0) is 4.31 Å². The average molecular weight is 178 g/mol. The van der Waals surface area contributed by atoms with Crippen molar-refractivity contribution in [3.05, 3.63) is 0 Å². The molecule has 0 saturated carbocycles. The Bertz CT molecular complexity index is 134. The van der Waals surface area contributed by atoms with Crippen molar-refractivity contribution in [1.29, 1.82) is 0 Å². The van der Waals surface area contributed by atoms with Gasteiger partial charge in [-0.15, -0.1) is 4.89 Å². The third-order valence-corrected chi connectivity index (χ3v) is 1.59.